The third-order valence-corrected chi connectivity index (χ3v) is 2.55. The number of piperidine rings is 1. The van der Waals surface area contributed by atoms with E-state index in [1.807, 2.05) is 4.90 Å². The van der Waals surface area contributed by atoms with Gasteiger partial charge in [-0.15, -0.1) is 0 Å². The largest absolute Gasteiger partial charge is 0.302 e. The number of hydrogen-bond acceptors (Lipinski definition) is 4. The molecule has 1 heterocycles. The van der Waals surface area contributed by atoms with Gasteiger partial charge in [0.2, 0.25) is 5.91 Å². The van der Waals surface area contributed by atoms with Crippen molar-refractivity contribution in [3.8, 4) is 0 Å². The van der Waals surface area contributed by atoms with Gasteiger partial charge in [0.25, 0.3) is 5.91 Å². The molecule has 90 valence electrons. The third kappa shape index (κ3) is 3.98. The SMILES string of the molecule is CC(=O)NNC(=O)CN1CCCCC1C=O. The van der Waals surface area contributed by atoms with Crippen LogP contribution in [0.15, 0.2) is 0 Å². The van der Waals surface area contributed by atoms with E-state index in [-0.39, 0.29) is 24.4 Å². The van der Waals surface area contributed by atoms with E-state index in [4.69, 9.17) is 0 Å². The molecule has 0 radical (unpaired) electrons. The standard InChI is InChI=1S/C10H17N3O3/c1-8(15)11-12-10(16)6-13-5-3-2-4-9(13)7-14/h7,9H,2-6H2,1H3,(H,11,15)(H,12,16). The second-order valence-electron chi connectivity index (χ2n) is 3.90. The number of carbonyl (C=O) groups is 3. The van der Waals surface area contributed by atoms with E-state index in [9.17, 15) is 14.4 Å². The van der Waals surface area contributed by atoms with E-state index in [0.29, 0.717) is 0 Å². The topological polar surface area (TPSA) is 78.5 Å². The average Bonchev–Trinajstić information content (AvgIpc) is 2.27. The quantitative estimate of drug-likeness (QED) is 0.489. The number of amides is 2. The summed E-state index contributed by atoms with van der Waals surface area (Å²) in [6.07, 6.45) is 3.70. The predicted molar refractivity (Wildman–Crippen MR) is 57.2 cm³/mol. The molecule has 6 nitrogen and oxygen atoms in total. The first-order valence-corrected chi connectivity index (χ1v) is 5.38. The van der Waals surface area contributed by atoms with Crippen molar-refractivity contribution in [3.05, 3.63) is 0 Å². The van der Waals surface area contributed by atoms with Gasteiger partial charge in [-0.2, -0.15) is 0 Å². The highest BCUT2D eigenvalue weighted by Crippen LogP contribution is 2.14. The van der Waals surface area contributed by atoms with Crippen molar-refractivity contribution in [1.29, 1.82) is 0 Å². The van der Waals surface area contributed by atoms with E-state index in [2.05, 4.69) is 10.9 Å². The number of nitrogens with one attached hydrogen (secondary N) is 2. The molecule has 2 amide bonds. The van der Waals surface area contributed by atoms with Gasteiger partial charge < -0.3 is 4.79 Å². The van der Waals surface area contributed by atoms with Crippen LogP contribution in [0.1, 0.15) is 26.2 Å². The highest BCUT2D eigenvalue weighted by atomic mass is 16.2. The molecule has 1 saturated heterocycles. The maximum atomic E-state index is 11.4. The minimum Gasteiger partial charge on any atom is -0.302 e. The molecule has 0 bridgehead atoms. The van der Waals surface area contributed by atoms with Gasteiger partial charge >= 0.3 is 0 Å². The van der Waals surface area contributed by atoms with E-state index < -0.39 is 0 Å². The zero-order valence-electron chi connectivity index (χ0n) is 9.36. The Morgan fingerprint density at radius 1 is 1.38 bits per heavy atom. The fraction of sp³-hybridized carbons (Fsp3) is 0.700. The summed E-state index contributed by atoms with van der Waals surface area (Å²) >= 11 is 0. The molecule has 1 atom stereocenters. The number of carbonyl (C=O) groups excluding carboxylic acids is 3. The zero-order valence-corrected chi connectivity index (χ0v) is 9.36. The Morgan fingerprint density at radius 3 is 2.75 bits per heavy atom. The first kappa shape index (κ1) is 12.6. The summed E-state index contributed by atoms with van der Waals surface area (Å²) in [5, 5.41) is 0. The minimum absolute atomic E-state index is 0.143. The van der Waals surface area contributed by atoms with Gasteiger partial charge in [-0.3, -0.25) is 25.3 Å². The number of aldehydes is 1. The molecule has 1 unspecified atom stereocenters. The van der Waals surface area contributed by atoms with Crippen LogP contribution in [0.4, 0.5) is 0 Å². The van der Waals surface area contributed by atoms with Crippen molar-refractivity contribution in [2.24, 2.45) is 0 Å². The molecular weight excluding hydrogens is 210 g/mol. The summed E-state index contributed by atoms with van der Waals surface area (Å²) in [4.78, 5) is 34.6. The van der Waals surface area contributed by atoms with Gasteiger partial charge in [0.15, 0.2) is 0 Å². The maximum Gasteiger partial charge on any atom is 0.252 e. The highest BCUT2D eigenvalue weighted by molar-refractivity contribution is 5.82. The Morgan fingerprint density at radius 2 is 2.12 bits per heavy atom. The van der Waals surface area contributed by atoms with E-state index in [0.717, 1.165) is 32.1 Å². The predicted octanol–water partition coefficient (Wildman–Crippen LogP) is -0.793. The number of likely N-dealkylation sites (tertiary alicyclic amines) is 1. The van der Waals surface area contributed by atoms with Crippen molar-refractivity contribution >= 4 is 18.1 Å². The summed E-state index contributed by atoms with van der Waals surface area (Å²) in [6, 6.07) is -0.170. The van der Waals surface area contributed by atoms with Gasteiger partial charge in [0, 0.05) is 6.92 Å². The summed E-state index contributed by atoms with van der Waals surface area (Å²) < 4.78 is 0. The second kappa shape index (κ2) is 6.22. The van der Waals surface area contributed by atoms with E-state index in [1.54, 1.807) is 0 Å². The summed E-state index contributed by atoms with van der Waals surface area (Å²) in [7, 11) is 0. The molecule has 1 fully saturated rings. The second-order valence-corrected chi connectivity index (χ2v) is 3.90. The molecule has 1 rings (SSSR count). The molecule has 0 aliphatic carbocycles. The molecule has 2 N–H and O–H groups in total. The van der Waals surface area contributed by atoms with Gasteiger partial charge in [0.05, 0.1) is 12.6 Å². The summed E-state index contributed by atoms with van der Waals surface area (Å²) in [5.74, 6) is -0.622. The lowest BCUT2D eigenvalue weighted by Gasteiger charge is -2.31. The molecule has 0 aromatic carbocycles. The van der Waals surface area contributed by atoms with Crippen LogP contribution in [0.25, 0.3) is 0 Å². The van der Waals surface area contributed by atoms with Crippen molar-refractivity contribution in [3.63, 3.8) is 0 Å². The molecule has 1 aliphatic heterocycles. The normalized spacial score (nSPS) is 21.2. The highest BCUT2D eigenvalue weighted by Gasteiger charge is 2.23. The fourth-order valence-electron chi connectivity index (χ4n) is 1.75. The molecule has 0 spiro atoms. The first-order chi connectivity index (χ1) is 7.63. The van der Waals surface area contributed by atoms with Crippen LogP contribution in [0.3, 0.4) is 0 Å². The Hall–Kier alpha value is -1.43. The summed E-state index contributed by atoms with van der Waals surface area (Å²) in [5.41, 5.74) is 4.49. The Bertz CT molecular complexity index is 280. The molecule has 0 aromatic heterocycles. The molecule has 6 heteroatoms. The number of nitrogens with zero attached hydrogens (tertiary/aromatic N) is 1. The van der Waals surface area contributed by atoms with Crippen molar-refractivity contribution in [1.82, 2.24) is 15.8 Å². The molecule has 16 heavy (non-hydrogen) atoms. The lowest BCUT2D eigenvalue weighted by Crippen LogP contribution is -2.49. The zero-order chi connectivity index (χ0) is 12.0. The Balaban J connectivity index is 2.36. The third-order valence-electron chi connectivity index (χ3n) is 2.55. The molecule has 0 saturated carbocycles. The molecular formula is C10H17N3O3. The van der Waals surface area contributed by atoms with Crippen LogP contribution >= 0.6 is 0 Å². The number of rotatable bonds is 3. The fourth-order valence-corrected chi connectivity index (χ4v) is 1.75. The van der Waals surface area contributed by atoms with Crippen LogP contribution < -0.4 is 10.9 Å². The van der Waals surface area contributed by atoms with Crippen molar-refractivity contribution in [2.45, 2.75) is 32.2 Å². The maximum absolute atomic E-state index is 11.4. The van der Waals surface area contributed by atoms with Gasteiger partial charge in [-0.1, -0.05) is 6.42 Å². The van der Waals surface area contributed by atoms with Crippen LogP contribution in [-0.4, -0.2) is 42.1 Å². The lowest BCUT2D eigenvalue weighted by atomic mass is 10.0. The monoisotopic (exact) mass is 227 g/mol. The van der Waals surface area contributed by atoms with Gasteiger partial charge in [-0.05, 0) is 19.4 Å². The number of hydrazine groups is 1. The van der Waals surface area contributed by atoms with E-state index >= 15 is 0 Å². The van der Waals surface area contributed by atoms with Crippen molar-refractivity contribution < 1.29 is 14.4 Å². The molecule has 0 aromatic rings. The number of hydrogen-bond donors (Lipinski definition) is 2. The Kier molecular flexibility index (Phi) is 4.91. The Labute approximate surface area is 94.3 Å². The van der Waals surface area contributed by atoms with Gasteiger partial charge in [0.1, 0.15) is 6.29 Å². The summed E-state index contributed by atoms with van der Waals surface area (Å²) in [6.45, 7) is 2.20. The minimum atomic E-state index is -0.320. The van der Waals surface area contributed by atoms with Crippen LogP contribution in [0.5, 0.6) is 0 Å². The van der Waals surface area contributed by atoms with Crippen LogP contribution in [0, 0.1) is 0 Å². The molecule has 1 aliphatic rings. The smallest absolute Gasteiger partial charge is 0.252 e. The lowest BCUT2D eigenvalue weighted by molar-refractivity contribution is -0.129. The van der Waals surface area contributed by atoms with Crippen LogP contribution in [-0.2, 0) is 14.4 Å². The first-order valence-electron chi connectivity index (χ1n) is 5.38. The average molecular weight is 227 g/mol. The van der Waals surface area contributed by atoms with E-state index in [1.165, 1.54) is 6.92 Å². The van der Waals surface area contributed by atoms with Gasteiger partial charge in [-0.25, -0.2) is 0 Å². The van der Waals surface area contributed by atoms with Crippen LogP contribution in [0.2, 0.25) is 0 Å². The van der Waals surface area contributed by atoms with Crippen molar-refractivity contribution in [2.75, 3.05) is 13.1 Å².